The summed E-state index contributed by atoms with van der Waals surface area (Å²) in [7, 11) is -4.19. The van der Waals surface area contributed by atoms with Crippen molar-refractivity contribution in [3.63, 3.8) is 0 Å². The summed E-state index contributed by atoms with van der Waals surface area (Å²) in [6.07, 6.45) is 3.90. The average molecular weight is 763 g/mol. The molecule has 12 nitrogen and oxygen atoms in total. The van der Waals surface area contributed by atoms with Gasteiger partial charge in [0.15, 0.2) is 11.5 Å². The van der Waals surface area contributed by atoms with E-state index in [9.17, 15) is 18.2 Å². The molecule has 1 aromatic heterocycles. The summed E-state index contributed by atoms with van der Waals surface area (Å²) in [4.78, 5) is 8.44. The third-order valence-electron chi connectivity index (χ3n) is 9.23. The zero-order valence-corrected chi connectivity index (χ0v) is 31.2. The summed E-state index contributed by atoms with van der Waals surface area (Å²) in [5.41, 5.74) is 5.89. The highest BCUT2D eigenvalue weighted by Crippen LogP contribution is 2.38. The maximum Gasteiger partial charge on any atom is 0.266 e. The average Bonchev–Trinajstić information content (AvgIpc) is 3.16. The molecule has 0 spiro atoms. The third-order valence-corrected chi connectivity index (χ3v) is 10.2. The molecule has 1 N–H and O–H groups in total. The molecular formula is C39H43ClN4O8S. The Kier molecular flexibility index (Phi) is 13.1. The largest absolute Gasteiger partial charge is 0.488 e. The van der Waals surface area contributed by atoms with Crippen LogP contribution in [0.25, 0.3) is 11.1 Å². The van der Waals surface area contributed by atoms with Crippen molar-refractivity contribution in [1.29, 1.82) is 5.26 Å². The monoisotopic (exact) mass is 762 g/mol. The van der Waals surface area contributed by atoms with Crippen LogP contribution in [0.1, 0.15) is 34.2 Å². The molecule has 14 heteroatoms. The zero-order valence-electron chi connectivity index (χ0n) is 29.6. The van der Waals surface area contributed by atoms with Gasteiger partial charge in [-0.1, -0.05) is 35.9 Å². The van der Waals surface area contributed by atoms with E-state index in [2.05, 4.69) is 22.0 Å². The first-order valence-corrected chi connectivity index (χ1v) is 19.5. The molecule has 53 heavy (non-hydrogen) atoms. The zero-order chi connectivity index (χ0) is 37.2. The van der Waals surface area contributed by atoms with Crippen molar-refractivity contribution in [2.24, 2.45) is 0 Å². The van der Waals surface area contributed by atoms with Crippen LogP contribution in [-0.2, 0) is 34.6 Å². The van der Waals surface area contributed by atoms with E-state index in [0.717, 1.165) is 59.8 Å². The van der Waals surface area contributed by atoms with E-state index >= 15 is 0 Å². The predicted octanol–water partition coefficient (Wildman–Crippen LogP) is 5.92. The van der Waals surface area contributed by atoms with Gasteiger partial charge in [0.25, 0.3) is 10.1 Å². The molecule has 6 rings (SSSR count). The molecule has 4 aromatic rings. The van der Waals surface area contributed by atoms with E-state index in [4.69, 9.17) is 35.3 Å². The molecule has 0 saturated carbocycles. The van der Waals surface area contributed by atoms with Gasteiger partial charge in [-0.2, -0.15) is 13.7 Å². The number of benzene rings is 3. The molecule has 3 heterocycles. The minimum Gasteiger partial charge on any atom is -0.488 e. The fraction of sp³-hybridized carbons (Fsp3) is 0.385. The number of hydrogen-bond acceptors (Lipinski definition) is 11. The van der Waals surface area contributed by atoms with Gasteiger partial charge in [-0.25, -0.2) is 0 Å². The lowest BCUT2D eigenvalue weighted by Gasteiger charge is -2.28. The lowest BCUT2D eigenvalue weighted by molar-refractivity contribution is 0.0360. The third kappa shape index (κ3) is 10.8. The molecule has 0 bridgehead atoms. The lowest BCUT2D eigenvalue weighted by Crippen LogP contribution is -2.38. The fourth-order valence-corrected chi connectivity index (χ4v) is 7.08. The molecule has 0 aliphatic carbocycles. The van der Waals surface area contributed by atoms with Gasteiger partial charge in [-0.15, -0.1) is 0 Å². The maximum atomic E-state index is 11.8. The van der Waals surface area contributed by atoms with Gasteiger partial charge >= 0.3 is 0 Å². The van der Waals surface area contributed by atoms with E-state index in [1.807, 2.05) is 42.2 Å². The maximum absolute atomic E-state index is 11.8. The van der Waals surface area contributed by atoms with E-state index in [1.54, 1.807) is 24.4 Å². The number of pyridine rings is 1. The van der Waals surface area contributed by atoms with Crippen molar-refractivity contribution in [1.82, 2.24) is 14.8 Å². The summed E-state index contributed by atoms with van der Waals surface area (Å²) in [5.74, 6) is 1.94. The minimum absolute atomic E-state index is 0.115. The molecule has 2 aliphatic heterocycles. The molecule has 0 amide bonds. The van der Waals surface area contributed by atoms with E-state index in [-0.39, 0.29) is 19.8 Å². The summed E-state index contributed by atoms with van der Waals surface area (Å²) >= 11 is 6.87. The van der Waals surface area contributed by atoms with Crippen LogP contribution in [0.4, 0.5) is 0 Å². The van der Waals surface area contributed by atoms with Gasteiger partial charge in [-0.05, 0) is 73.0 Å². The molecule has 2 aliphatic rings. The van der Waals surface area contributed by atoms with Crippen LogP contribution in [0.3, 0.4) is 0 Å². The van der Waals surface area contributed by atoms with Gasteiger partial charge in [0, 0.05) is 55.8 Å². The van der Waals surface area contributed by atoms with Crippen LogP contribution in [-0.4, -0.2) is 92.7 Å². The Morgan fingerprint density at radius 3 is 2.53 bits per heavy atom. The number of fused-ring (bicyclic) bond motifs is 1. The lowest BCUT2D eigenvalue weighted by atomic mass is 9.96. The SMILES string of the molecule is Cc1c(COc2cc(OCc3cncc(C#N)c3)c(CN(CCCN3CCOCC3)CCS(=O)(=O)O)cc2Cl)cccc1-c1ccc2c(c1)OCCO2. The second kappa shape index (κ2) is 18.1. The Morgan fingerprint density at radius 1 is 0.943 bits per heavy atom. The number of morpholine rings is 1. The highest BCUT2D eigenvalue weighted by atomic mass is 35.5. The Balaban J connectivity index is 1.23. The van der Waals surface area contributed by atoms with E-state index < -0.39 is 15.9 Å². The predicted molar refractivity (Wildman–Crippen MR) is 200 cm³/mol. The second-order valence-corrected chi connectivity index (χ2v) is 15.0. The first kappa shape index (κ1) is 38.3. The molecule has 1 fully saturated rings. The standard InChI is InChI=1S/C39H43ClN4O8S/c1-28-32(4-2-5-34(28)31-6-7-36-39(20-31)50-16-15-49-36)27-52-38-21-37(51-26-30-18-29(22-41)23-42-24-30)33(19-35(38)40)25-44(12-17-53(45,46)47)9-3-8-43-10-13-48-14-11-43/h2,4-7,18-21,23-24H,3,8-17,25-27H2,1H3,(H,45,46,47). The molecule has 0 unspecified atom stereocenters. The van der Waals surface area contributed by atoms with Crippen LogP contribution >= 0.6 is 11.6 Å². The first-order valence-electron chi connectivity index (χ1n) is 17.5. The van der Waals surface area contributed by atoms with Crippen LogP contribution < -0.4 is 18.9 Å². The van der Waals surface area contributed by atoms with Gasteiger partial charge < -0.3 is 23.7 Å². The van der Waals surface area contributed by atoms with E-state index in [0.29, 0.717) is 72.7 Å². The molecule has 3 aromatic carbocycles. The summed E-state index contributed by atoms with van der Waals surface area (Å²) < 4.78 is 62.8. The topological polar surface area (TPSA) is 144 Å². The number of rotatable bonds is 16. The highest BCUT2D eigenvalue weighted by molar-refractivity contribution is 7.85. The van der Waals surface area contributed by atoms with Gasteiger partial charge in [0.2, 0.25) is 0 Å². The second-order valence-electron chi connectivity index (χ2n) is 13.0. The van der Waals surface area contributed by atoms with Gasteiger partial charge in [0.05, 0.1) is 29.6 Å². The Morgan fingerprint density at radius 2 is 1.74 bits per heavy atom. The van der Waals surface area contributed by atoms with Crippen molar-refractivity contribution in [3.05, 3.63) is 99.8 Å². The van der Waals surface area contributed by atoms with Crippen molar-refractivity contribution >= 4 is 21.7 Å². The van der Waals surface area contributed by atoms with Crippen LogP contribution in [0, 0.1) is 18.3 Å². The number of aromatic nitrogens is 1. The van der Waals surface area contributed by atoms with Crippen molar-refractivity contribution in [2.45, 2.75) is 33.1 Å². The summed E-state index contributed by atoms with van der Waals surface area (Å²) in [6.45, 7) is 8.36. The quantitative estimate of drug-likeness (QED) is 0.135. The highest BCUT2D eigenvalue weighted by Gasteiger charge is 2.20. The normalized spacial score (nSPS) is 14.5. The van der Waals surface area contributed by atoms with Gasteiger partial charge in [-0.3, -0.25) is 19.3 Å². The number of nitrogens with zero attached hydrogens (tertiary/aromatic N) is 4. The molecule has 0 atom stereocenters. The fourth-order valence-electron chi connectivity index (χ4n) is 6.35. The van der Waals surface area contributed by atoms with Crippen molar-refractivity contribution in [2.75, 3.05) is 64.9 Å². The Bertz CT molecular complexity index is 2030. The van der Waals surface area contributed by atoms with E-state index in [1.165, 1.54) is 6.20 Å². The van der Waals surface area contributed by atoms with Gasteiger partial charge in [0.1, 0.15) is 44.0 Å². The Hall–Kier alpha value is -4.42. The molecule has 0 radical (unpaired) electrons. The summed E-state index contributed by atoms with van der Waals surface area (Å²) in [6, 6.07) is 19.3. The first-order chi connectivity index (χ1) is 25.6. The summed E-state index contributed by atoms with van der Waals surface area (Å²) in [5, 5.41) is 9.74. The number of nitriles is 1. The smallest absolute Gasteiger partial charge is 0.266 e. The van der Waals surface area contributed by atoms with Crippen molar-refractivity contribution in [3.8, 4) is 40.2 Å². The molecular weight excluding hydrogens is 720 g/mol. The van der Waals surface area contributed by atoms with Crippen LogP contribution in [0.5, 0.6) is 23.0 Å². The van der Waals surface area contributed by atoms with Crippen LogP contribution in [0.15, 0.2) is 67.0 Å². The molecule has 1 saturated heterocycles. The number of hydrogen-bond donors (Lipinski definition) is 1. The number of halogens is 1. The van der Waals surface area contributed by atoms with Crippen LogP contribution in [0.2, 0.25) is 5.02 Å². The number of ether oxygens (including phenoxy) is 5. The van der Waals surface area contributed by atoms with Crippen molar-refractivity contribution < 1.29 is 36.7 Å². The molecule has 280 valence electrons. The Labute approximate surface area is 315 Å². The minimum atomic E-state index is -4.19.